The number of esters is 1. The summed E-state index contributed by atoms with van der Waals surface area (Å²) in [4.78, 5) is 28.4. The Morgan fingerprint density at radius 2 is 1.86 bits per heavy atom. The van der Waals surface area contributed by atoms with E-state index in [0.717, 1.165) is 6.92 Å². The van der Waals surface area contributed by atoms with Crippen LogP contribution in [0.3, 0.4) is 0 Å². The SMILES string of the molecule is C[C@@H](N1CN([C@H]2c3cccc(F)c3CSc3c(Cl)cccc32)N2C=CCC(OC(=O)C3CCOCC3)=C2C1=O)C(F)(F)F. The topological polar surface area (TPSA) is 62.3 Å². The maximum Gasteiger partial charge on any atom is 0.408 e. The number of thioether (sulfide) groups is 1. The average Bonchev–Trinajstić information content (AvgIpc) is 3.16. The summed E-state index contributed by atoms with van der Waals surface area (Å²) < 4.78 is 68.9. The fraction of sp³-hybridized carbons (Fsp3) is 0.400. The van der Waals surface area contributed by atoms with Gasteiger partial charge < -0.3 is 14.4 Å². The molecule has 1 amide bonds. The van der Waals surface area contributed by atoms with E-state index >= 15 is 4.39 Å². The zero-order chi connectivity index (χ0) is 30.5. The first kappa shape index (κ1) is 30.0. The summed E-state index contributed by atoms with van der Waals surface area (Å²) in [5.41, 5.74) is 1.37. The number of carbonyl (C=O) groups excluding carboxylic acids is 2. The van der Waals surface area contributed by atoms with Gasteiger partial charge in [-0.2, -0.15) is 18.2 Å². The number of rotatable bonds is 4. The number of halogens is 5. The van der Waals surface area contributed by atoms with Gasteiger partial charge in [0, 0.05) is 42.0 Å². The van der Waals surface area contributed by atoms with Gasteiger partial charge in [-0.05, 0) is 43.0 Å². The first-order chi connectivity index (χ1) is 20.6. The number of hydrazine groups is 1. The van der Waals surface area contributed by atoms with E-state index in [-0.39, 0.29) is 23.6 Å². The molecule has 0 saturated carbocycles. The van der Waals surface area contributed by atoms with Crippen LogP contribution in [0.2, 0.25) is 5.02 Å². The van der Waals surface area contributed by atoms with Crippen LogP contribution in [-0.4, -0.2) is 58.9 Å². The van der Waals surface area contributed by atoms with Crippen LogP contribution in [0.15, 0.2) is 65.0 Å². The Hall–Kier alpha value is -3.06. The highest BCUT2D eigenvalue weighted by atomic mass is 35.5. The van der Waals surface area contributed by atoms with Crippen molar-refractivity contribution >= 4 is 35.2 Å². The van der Waals surface area contributed by atoms with E-state index in [1.807, 2.05) is 0 Å². The monoisotopic (exact) mass is 637 g/mol. The number of hydrogen-bond donors (Lipinski definition) is 0. The lowest BCUT2D eigenvalue weighted by molar-refractivity contribution is -0.204. The molecule has 4 heterocycles. The first-order valence-electron chi connectivity index (χ1n) is 13.9. The zero-order valence-electron chi connectivity index (χ0n) is 23.1. The fourth-order valence-electron chi connectivity index (χ4n) is 5.83. The van der Waals surface area contributed by atoms with E-state index in [4.69, 9.17) is 21.1 Å². The third kappa shape index (κ3) is 5.54. The molecule has 228 valence electrons. The van der Waals surface area contributed by atoms with E-state index in [0.29, 0.717) is 57.6 Å². The minimum absolute atomic E-state index is 0.0305. The maximum atomic E-state index is 15.3. The van der Waals surface area contributed by atoms with Crippen LogP contribution >= 0.6 is 23.4 Å². The van der Waals surface area contributed by atoms with Crippen LogP contribution in [0.4, 0.5) is 17.6 Å². The molecule has 2 atom stereocenters. The molecule has 0 bridgehead atoms. The van der Waals surface area contributed by atoms with Crippen LogP contribution in [-0.2, 0) is 24.8 Å². The summed E-state index contributed by atoms with van der Waals surface area (Å²) in [5, 5.41) is 3.44. The smallest absolute Gasteiger partial charge is 0.408 e. The number of allylic oxidation sites excluding steroid dienone is 1. The lowest BCUT2D eigenvalue weighted by atomic mass is 9.93. The van der Waals surface area contributed by atoms with Crippen LogP contribution in [0.25, 0.3) is 0 Å². The minimum Gasteiger partial charge on any atom is -0.428 e. The predicted octanol–water partition coefficient (Wildman–Crippen LogP) is 6.54. The molecule has 7 nitrogen and oxygen atoms in total. The summed E-state index contributed by atoms with van der Waals surface area (Å²) in [7, 11) is 0. The summed E-state index contributed by atoms with van der Waals surface area (Å²) in [5.74, 6) is -2.18. The highest BCUT2D eigenvalue weighted by Crippen LogP contribution is 2.48. The van der Waals surface area contributed by atoms with Crippen molar-refractivity contribution in [3.8, 4) is 0 Å². The molecule has 6 rings (SSSR count). The Bertz CT molecular complexity index is 1460. The van der Waals surface area contributed by atoms with E-state index in [2.05, 4.69) is 0 Å². The molecule has 2 fully saturated rings. The Balaban J connectivity index is 1.51. The number of carbonyl (C=O) groups is 2. The van der Waals surface area contributed by atoms with Crippen LogP contribution in [0.5, 0.6) is 0 Å². The van der Waals surface area contributed by atoms with Crippen molar-refractivity contribution in [2.45, 2.75) is 55.1 Å². The van der Waals surface area contributed by atoms with Gasteiger partial charge in [-0.1, -0.05) is 41.9 Å². The number of amides is 1. The molecular weight excluding hydrogens is 610 g/mol. The van der Waals surface area contributed by atoms with Gasteiger partial charge in [0.05, 0.1) is 23.7 Å². The van der Waals surface area contributed by atoms with E-state index in [1.54, 1.807) is 47.6 Å². The standard InChI is InChI=1S/C30H28ClF4N3O4S/c1-17(30(33,34)35)36-16-38(25-19-5-3-8-23(32)21(19)15-43-27-20(25)6-2-7-22(27)31)37-12-4-9-24(26(37)28(36)39)42-29(40)18-10-13-41-14-11-18/h2-8,12,17-18,25H,9-11,13-16H2,1H3/t17-,25+/m1/s1. The van der Waals surface area contributed by atoms with Gasteiger partial charge in [0.15, 0.2) is 5.70 Å². The van der Waals surface area contributed by atoms with Crippen molar-refractivity contribution in [2.75, 3.05) is 19.9 Å². The number of nitrogens with zero attached hydrogens (tertiary/aromatic N) is 3. The van der Waals surface area contributed by atoms with Gasteiger partial charge in [-0.15, -0.1) is 11.8 Å². The molecule has 0 aromatic heterocycles. The highest BCUT2D eigenvalue weighted by molar-refractivity contribution is 7.98. The van der Waals surface area contributed by atoms with Crippen LogP contribution < -0.4 is 0 Å². The number of ether oxygens (including phenoxy) is 2. The van der Waals surface area contributed by atoms with E-state index < -0.39 is 48.5 Å². The number of alkyl halides is 3. The molecular formula is C30H28ClF4N3O4S. The van der Waals surface area contributed by atoms with Gasteiger partial charge in [0.2, 0.25) is 0 Å². The van der Waals surface area contributed by atoms with Crippen molar-refractivity contribution in [2.24, 2.45) is 5.92 Å². The van der Waals surface area contributed by atoms with Crippen molar-refractivity contribution in [3.05, 3.63) is 87.7 Å². The molecule has 0 radical (unpaired) electrons. The first-order valence-corrected chi connectivity index (χ1v) is 15.2. The van der Waals surface area contributed by atoms with E-state index in [1.165, 1.54) is 22.8 Å². The molecule has 2 saturated heterocycles. The van der Waals surface area contributed by atoms with Crippen LogP contribution in [0.1, 0.15) is 48.9 Å². The number of benzene rings is 2. The average molecular weight is 638 g/mol. The molecule has 0 aliphatic carbocycles. The summed E-state index contributed by atoms with van der Waals surface area (Å²) in [6.45, 7) is 1.21. The molecule has 2 aromatic rings. The summed E-state index contributed by atoms with van der Waals surface area (Å²) >= 11 is 7.95. The zero-order valence-corrected chi connectivity index (χ0v) is 24.6. The Kier molecular flexibility index (Phi) is 8.22. The molecule has 4 aliphatic heterocycles. The Labute approximate surface area is 255 Å². The summed E-state index contributed by atoms with van der Waals surface area (Å²) in [6.07, 6.45) is -0.567. The maximum absolute atomic E-state index is 15.3. The molecule has 0 unspecified atom stereocenters. The largest absolute Gasteiger partial charge is 0.428 e. The fourth-order valence-corrected chi connectivity index (χ4v) is 7.32. The third-order valence-electron chi connectivity index (χ3n) is 8.20. The van der Waals surface area contributed by atoms with E-state index in [9.17, 15) is 22.8 Å². The molecule has 0 spiro atoms. The summed E-state index contributed by atoms with van der Waals surface area (Å²) in [6, 6.07) is 6.86. The van der Waals surface area contributed by atoms with Crippen molar-refractivity contribution < 1.29 is 36.6 Å². The van der Waals surface area contributed by atoms with Crippen molar-refractivity contribution in [1.29, 1.82) is 0 Å². The normalized spacial score (nSPS) is 22.1. The van der Waals surface area contributed by atoms with Gasteiger partial charge in [-0.3, -0.25) is 14.6 Å². The number of hydrogen-bond acceptors (Lipinski definition) is 7. The lowest BCUT2D eigenvalue weighted by Gasteiger charge is -2.50. The second-order valence-corrected chi connectivity index (χ2v) is 12.1. The molecule has 2 aromatic carbocycles. The Morgan fingerprint density at radius 3 is 2.60 bits per heavy atom. The number of fused-ring (bicyclic) bond motifs is 3. The van der Waals surface area contributed by atoms with Crippen molar-refractivity contribution in [1.82, 2.24) is 14.9 Å². The minimum atomic E-state index is -4.74. The Morgan fingerprint density at radius 1 is 1.14 bits per heavy atom. The molecule has 4 aliphatic rings. The second-order valence-electron chi connectivity index (χ2n) is 10.7. The second kappa shape index (κ2) is 11.8. The van der Waals surface area contributed by atoms with Gasteiger partial charge in [0.25, 0.3) is 5.91 Å². The van der Waals surface area contributed by atoms with Crippen LogP contribution in [0, 0.1) is 11.7 Å². The molecule has 43 heavy (non-hydrogen) atoms. The van der Waals surface area contributed by atoms with Gasteiger partial charge in [-0.25, -0.2) is 4.39 Å². The predicted molar refractivity (Wildman–Crippen MR) is 151 cm³/mol. The lowest BCUT2D eigenvalue weighted by Crippen LogP contribution is -2.62. The van der Waals surface area contributed by atoms with Gasteiger partial charge >= 0.3 is 12.1 Å². The highest BCUT2D eigenvalue weighted by Gasteiger charge is 2.50. The van der Waals surface area contributed by atoms with Crippen molar-refractivity contribution in [3.63, 3.8) is 0 Å². The molecule has 0 N–H and O–H groups in total. The van der Waals surface area contributed by atoms with Gasteiger partial charge in [0.1, 0.15) is 17.6 Å². The quantitative estimate of drug-likeness (QED) is 0.279. The molecule has 13 heteroatoms. The third-order valence-corrected chi connectivity index (χ3v) is 9.81.